The zero-order valence-corrected chi connectivity index (χ0v) is 30.2. The number of aromatic nitrogens is 1. The Bertz CT molecular complexity index is 2410. The highest BCUT2D eigenvalue weighted by Crippen LogP contribution is 2.51. The molecule has 246 valence electrons. The van der Waals surface area contributed by atoms with Crippen molar-refractivity contribution in [2.75, 3.05) is 4.90 Å². The summed E-state index contributed by atoms with van der Waals surface area (Å²) in [6, 6.07) is 51.2. The van der Waals surface area contributed by atoms with Gasteiger partial charge in [-0.3, -0.25) is 0 Å². The minimum Gasteiger partial charge on any atom is -0.314 e. The molecule has 1 aliphatic rings. The summed E-state index contributed by atoms with van der Waals surface area (Å²) in [6.07, 6.45) is 0. The maximum absolute atomic E-state index is 2.46. The Labute approximate surface area is 297 Å². The van der Waals surface area contributed by atoms with Crippen molar-refractivity contribution in [3.05, 3.63) is 179 Å². The highest BCUT2D eigenvalue weighted by Gasteiger charge is 2.36. The number of benzene rings is 6. The van der Waals surface area contributed by atoms with Gasteiger partial charge in [-0.15, -0.1) is 0 Å². The second-order valence-corrected chi connectivity index (χ2v) is 14.5. The van der Waals surface area contributed by atoms with Crippen LogP contribution in [0.4, 0.5) is 17.1 Å². The summed E-state index contributed by atoms with van der Waals surface area (Å²) in [6.45, 7) is 15.9. The third-order valence-electron chi connectivity index (χ3n) is 11.2. The van der Waals surface area contributed by atoms with Crippen LogP contribution in [-0.4, -0.2) is 4.57 Å². The van der Waals surface area contributed by atoms with Crippen molar-refractivity contribution >= 4 is 39.1 Å². The first-order valence-electron chi connectivity index (χ1n) is 17.7. The average Bonchev–Trinajstić information content (AvgIpc) is 3.52. The van der Waals surface area contributed by atoms with E-state index in [1.165, 1.54) is 77.9 Å². The van der Waals surface area contributed by atoms with E-state index in [0.717, 1.165) is 17.1 Å². The maximum atomic E-state index is 2.46. The number of nitrogens with zero attached hydrogens (tertiary/aromatic N) is 2. The van der Waals surface area contributed by atoms with E-state index in [0.29, 0.717) is 0 Å². The van der Waals surface area contributed by atoms with Gasteiger partial charge in [-0.1, -0.05) is 92.2 Å². The van der Waals surface area contributed by atoms with E-state index in [2.05, 4.69) is 197 Å². The van der Waals surface area contributed by atoms with E-state index in [1.54, 1.807) is 0 Å². The molecule has 0 saturated heterocycles. The van der Waals surface area contributed by atoms with Gasteiger partial charge in [-0.2, -0.15) is 0 Å². The van der Waals surface area contributed by atoms with Crippen LogP contribution in [0.3, 0.4) is 0 Å². The average molecular weight is 649 g/mol. The maximum Gasteiger partial charge on any atom is 0.0537 e. The molecule has 0 amide bonds. The van der Waals surface area contributed by atoms with Crippen molar-refractivity contribution in [2.45, 2.75) is 53.9 Å². The van der Waals surface area contributed by atoms with E-state index < -0.39 is 0 Å². The fourth-order valence-electron chi connectivity index (χ4n) is 7.95. The molecule has 1 aromatic heterocycles. The van der Waals surface area contributed by atoms with Crippen LogP contribution in [0, 0.1) is 20.8 Å². The van der Waals surface area contributed by atoms with Crippen LogP contribution in [-0.2, 0) is 5.41 Å². The topological polar surface area (TPSA) is 8.17 Å². The second-order valence-electron chi connectivity index (χ2n) is 14.5. The van der Waals surface area contributed by atoms with Gasteiger partial charge in [0.25, 0.3) is 0 Å². The van der Waals surface area contributed by atoms with Crippen molar-refractivity contribution in [3.63, 3.8) is 0 Å². The molecule has 1 aliphatic carbocycles. The monoisotopic (exact) mass is 648 g/mol. The highest BCUT2D eigenvalue weighted by molar-refractivity contribution is 5.97. The van der Waals surface area contributed by atoms with Crippen molar-refractivity contribution < 1.29 is 0 Å². The molecular formula is C48H44N2. The third-order valence-corrected chi connectivity index (χ3v) is 11.2. The van der Waals surface area contributed by atoms with Gasteiger partial charge in [0, 0.05) is 39.2 Å². The molecule has 2 heteroatoms. The molecule has 0 N–H and O–H groups in total. The van der Waals surface area contributed by atoms with Crippen molar-refractivity contribution in [1.82, 2.24) is 4.57 Å². The molecule has 0 spiro atoms. The van der Waals surface area contributed by atoms with E-state index in [9.17, 15) is 0 Å². The summed E-state index contributed by atoms with van der Waals surface area (Å²) in [5.74, 6) is 0. The predicted molar refractivity (Wildman–Crippen MR) is 214 cm³/mol. The van der Waals surface area contributed by atoms with E-state index >= 15 is 0 Å². The van der Waals surface area contributed by atoms with Gasteiger partial charge < -0.3 is 9.47 Å². The number of allylic oxidation sites excluding steroid dienone is 2. The first-order chi connectivity index (χ1) is 24.1. The summed E-state index contributed by atoms with van der Waals surface area (Å²) >= 11 is 0. The lowest BCUT2D eigenvalue weighted by atomic mass is 9.81. The second kappa shape index (κ2) is 12.1. The van der Waals surface area contributed by atoms with Crippen molar-refractivity contribution in [3.8, 4) is 16.8 Å². The minimum absolute atomic E-state index is 0.116. The summed E-state index contributed by atoms with van der Waals surface area (Å²) in [4.78, 5) is 2.32. The Balaban J connectivity index is 1.15. The zero-order chi connectivity index (χ0) is 34.7. The summed E-state index contributed by atoms with van der Waals surface area (Å²) in [5, 5.41) is 1.33. The molecule has 2 nitrogen and oxygen atoms in total. The number of para-hydroxylation sites is 2. The molecule has 0 aliphatic heterocycles. The molecule has 0 unspecified atom stereocenters. The fourth-order valence-corrected chi connectivity index (χ4v) is 7.95. The molecule has 8 rings (SSSR count). The molecule has 0 fully saturated rings. The molecule has 0 bridgehead atoms. The number of hydrogen-bond donors (Lipinski definition) is 0. The number of hydrogen-bond acceptors (Lipinski definition) is 1. The van der Waals surface area contributed by atoms with Gasteiger partial charge in [-0.05, 0) is 151 Å². The first-order valence-corrected chi connectivity index (χ1v) is 17.7. The Hall–Kier alpha value is -5.60. The fraction of sp³-hybridized carbons (Fsp3) is 0.167. The molecule has 0 saturated carbocycles. The van der Waals surface area contributed by atoms with Crippen LogP contribution in [0.25, 0.3) is 38.9 Å². The van der Waals surface area contributed by atoms with Crippen LogP contribution in [0.1, 0.15) is 66.8 Å². The van der Waals surface area contributed by atoms with Gasteiger partial charge in [0.1, 0.15) is 0 Å². The lowest BCUT2D eigenvalue weighted by Crippen LogP contribution is -2.15. The Kier molecular flexibility index (Phi) is 7.64. The molecule has 7 aromatic rings. The largest absolute Gasteiger partial charge is 0.314 e. The van der Waals surface area contributed by atoms with Gasteiger partial charge in [-0.25, -0.2) is 0 Å². The highest BCUT2D eigenvalue weighted by atomic mass is 15.1. The Morgan fingerprint density at radius 2 is 1.08 bits per heavy atom. The quantitative estimate of drug-likeness (QED) is 0.163. The van der Waals surface area contributed by atoms with Crippen LogP contribution < -0.4 is 4.90 Å². The van der Waals surface area contributed by atoms with Gasteiger partial charge >= 0.3 is 0 Å². The van der Waals surface area contributed by atoms with Crippen molar-refractivity contribution in [2.24, 2.45) is 0 Å². The van der Waals surface area contributed by atoms with E-state index in [-0.39, 0.29) is 5.41 Å². The lowest BCUT2D eigenvalue weighted by molar-refractivity contribution is 0.660. The normalized spacial score (nSPS) is 13.6. The molecule has 50 heavy (non-hydrogen) atoms. The number of anilines is 3. The number of fused-ring (bicyclic) bond motifs is 4. The first kappa shape index (κ1) is 31.7. The molecule has 6 aromatic carbocycles. The lowest BCUT2D eigenvalue weighted by Gasteiger charge is -2.26. The van der Waals surface area contributed by atoms with Crippen molar-refractivity contribution in [1.29, 1.82) is 0 Å². The predicted octanol–water partition coefficient (Wildman–Crippen LogP) is 13.3. The van der Waals surface area contributed by atoms with Gasteiger partial charge in [0.05, 0.1) is 5.52 Å². The Morgan fingerprint density at radius 1 is 0.540 bits per heavy atom. The van der Waals surface area contributed by atoms with Crippen LogP contribution in [0.2, 0.25) is 0 Å². The van der Waals surface area contributed by atoms with Crippen LogP contribution >= 0.6 is 0 Å². The smallest absolute Gasteiger partial charge is 0.0537 e. The van der Waals surface area contributed by atoms with E-state index in [4.69, 9.17) is 0 Å². The number of aryl methyl sites for hydroxylation is 2. The van der Waals surface area contributed by atoms with Crippen LogP contribution in [0.5, 0.6) is 0 Å². The molecule has 1 heterocycles. The zero-order valence-electron chi connectivity index (χ0n) is 30.2. The third kappa shape index (κ3) is 5.10. The van der Waals surface area contributed by atoms with Gasteiger partial charge in [0.2, 0.25) is 0 Å². The SMILES string of the molecule is CC(=C(C)c1ccc2c(c1)C(C)(C)c1cc3c(cc1-2)c(C)c(C)n3-c1ccccc1)c1ccc(N(c2ccccc2)c2ccc(C)cc2)cc1. The molecule has 0 atom stereocenters. The summed E-state index contributed by atoms with van der Waals surface area (Å²) in [7, 11) is 0. The standard InChI is InChI=1S/C48H44N2/c1-31-18-23-40(24-19-31)50(39-16-12-9-13-17-39)41-25-20-36(21-26-41)32(2)33(3)37-22-27-42-44-29-43-34(4)35(5)49(38-14-10-8-11-15-38)47(43)30-46(44)48(6,7)45(42)28-37/h8-30H,1-7H3. The van der Waals surface area contributed by atoms with E-state index in [1.807, 2.05) is 0 Å². The summed E-state index contributed by atoms with van der Waals surface area (Å²) in [5.41, 5.74) is 20.4. The molecular weight excluding hydrogens is 605 g/mol. The van der Waals surface area contributed by atoms with Crippen LogP contribution in [0.15, 0.2) is 140 Å². The van der Waals surface area contributed by atoms with Gasteiger partial charge in [0.15, 0.2) is 0 Å². The molecule has 0 radical (unpaired) electrons. The summed E-state index contributed by atoms with van der Waals surface area (Å²) < 4.78 is 2.43. The number of rotatable bonds is 6. The minimum atomic E-state index is -0.116. The Morgan fingerprint density at radius 3 is 1.74 bits per heavy atom.